The van der Waals surface area contributed by atoms with Crippen molar-refractivity contribution < 1.29 is 23.8 Å². The molecule has 0 unspecified atom stereocenters. The molecule has 27 heavy (non-hydrogen) atoms. The molecule has 2 rings (SSSR count). The predicted octanol–water partition coefficient (Wildman–Crippen LogP) is 1.76. The number of hydrogen-bond acceptors (Lipinski definition) is 5. The van der Waals surface area contributed by atoms with Crippen LogP contribution in [0.25, 0.3) is 0 Å². The third-order valence-corrected chi connectivity index (χ3v) is 4.80. The first-order valence-electron chi connectivity index (χ1n) is 9.45. The van der Waals surface area contributed by atoms with Crippen molar-refractivity contribution in [3.8, 4) is 11.5 Å². The summed E-state index contributed by atoms with van der Waals surface area (Å²) in [4.78, 5) is 24.3. The molecule has 0 heterocycles. The molecule has 1 aliphatic carbocycles. The number of nitrogens with one attached hydrogen (secondary N) is 2. The van der Waals surface area contributed by atoms with E-state index in [1.807, 2.05) is 24.3 Å². The second-order valence-electron chi connectivity index (χ2n) is 6.65. The Labute approximate surface area is 160 Å². The normalized spacial score (nSPS) is 19.2. The maximum absolute atomic E-state index is 12.3. The van der Waals surface area contributed by atoms with Gasteiger partial charge in [-0.25, -0.2) is 0 Å². The van der Waals surface area contributed by atoms with Crippen molar-refractivity contribution in [2.24, 2.45) is 11.8 Å². The molecule has 0 saturated heterocycles. The summed E-state index contributed by atoms with van der Waals surface area (Å²) in [5.41, 5.74) is 0. The summed E-state index contributed by atoms with van der Waals surface area (Å²) in [5.74, 6) is 1.62. The van der Waals surface area contributed by atoms with Gasteiger partial charge in [-0.1, -0.05) is 0 Å². The minimum absolute atomic E-state index is 0.00399. The van der Waals surface area contributed by atoms with Gasteiger partial charge in [-0.3, -0.25) is 9.59 Å². The molecule has 0 bridgehead atoms. The zero-order valence-corrected chi connectivity index (χ0v) is 16.2. The van der Waals surface area contributed by atoms with Gasteiger partial charge in [0.2, 0.25) is 11.8 Å². The quantitative estimate of drug-likeness (QED) is 0.606. The number of benzene rings is 1. The molecular weight excluding hydrogens is 348 g/mol. The highest BCUT2D eigenvalue weighted by Gasteiger charge is 2.29. The minimum Gasteiger partial charge on any atom is -0.497 e. The fourth-order valence-electron chi connectivity index (χ4n) is 3.20. The van der Waals surface area contributed by atoms with Gasteiger partial charge in [0.05, 0.1) is 20.3 Å². The zero-order valence-electron chi connectivity index (χ0n) is 16.2. The number of methoxy groups -OCH3 is 2. The van der Waals surface area contributed by atoms with E-state index in [0.29, 0.717) is 26.3 Å². The number of hydrogen-bond donors (Lipinski definition) is 2. The largest absolute Gasteiger partial charge is 0.497 e. The average molecular weight is 378 g/mol. The Balaban J connectivity index is 1.60. The molecule has 7 nitrogen and oxygen atoms in total. The van der Waals surface area contributed by atoms with Gasteiger partial charge >= 0.3 is 0 Å². The smallest absolute Gasteiger partial charge is 0.223 e. The monoisotopic (exact) mass is 378 g/mol. The van der Waals surface area contributed by atoms with Crippen molar-refractivity contribution in [2.75, 3.05) is 40.5 Å². The number of ether oxygens (including phenoxy) is 3. The summed E-state index contributed by atoms with van der Waals surface area (Å²) in [6, 6.07) is 7.33. The topological polar surface area (TPSA) is 85.9 Å². The predicted molar refractivity (Wildman–Crippen MR) is 102 cm³/mol. The van der Waals surface area contributed by atoms with Crippen molar-refractivity contribution in [1.82, 2.24) is 10.6 Å². The molecule has 0 atom stereocenters. The van der Waals surface area contributed by atoms with Crippen LogP contribution in [-0.2, 0) is 14.3 Å². The molecule has 1 fully saturated rings. The highest BCUT2D eigenvalue weighted by atomic mass is 16.5. The van der Waals surface area contributed by atoms with E-state index in [2.05, 4.69) is 10.6 Å². The van der Waals surface area contributed by atoms with E-state index in [9.17, 15) is 9.59 Å². The first-order valence-corrected chi connectivity index (χ1v) is 9.45. The van der Waals surface area contributed by atoms with Crippen LogP contribution < -0.4 is 20.1 Å². The summed E-state index contributed by atoms with van der Waals surface area (Å²) >= 11 is 0. The summed E-state index contributed by atoms with van der Waals surface area (Å²) in [6.45, 7) is 1.92. The van der Waals surface area contributed by atoms with Crippen LogP contribution in [0.15, 0.2) is 24.3 Å². The van der Waals surface area contributed by atoms with Gasteiger partial charge in [0.15, 0.2) is 0 Å². The van der Waals surface area contributed by atoms with Crippen molar-refractivity contribution in [2.45, 2.75) is 25.7 Å². The highest BCUT2D eigenvalue weighted by Crippen LogP contribution is 2.29. The molecule has 0 radical (unpaired) electrons. The Kier molecular flexibility index (Phi) is 8.91. The van der Waals surface area contributed by atoms with Gasteiger partial charge in [-0.15, -0.1) is 0 Å². The van der Waals surface area contributed by atoms with Crippen LogP contribution in [0.3, 0.4) is 0 Å². The Morgan fingerprint density at radius 3 is 1.81 bits per heavy atom. The van der Waals surface area contributed by atoms with Gasteiger partial charge in [0, 0.05) is 25.5 Å². The molecule has 0 spiro atoms. The van der Waals surface area contributed by atoms with Crippen LogP contribution in [-0.4, -0.2) is 52.3 Å². The van der Waals surface area contributed by atoms with Crippen molar-refractivity contribution in [3.63, 3.8) is 0 Å². The van der Waals surface area contributed by atoms with Gasteiger partial charge in [0.1, 0.15) is 18.1 Å². The Bertz CT molecular complexity index is 583. The van der Waals surface area contributed by atoms with Crippen LogP contribution in [0, 0.1) is 11.8 Å². The summed E-state index contributed by atoms with van der Waals surface area (Å²) < 4.78 is 15.6. The molecule has 0 aromatic heterocycles. The van der Waals surface area contributed by atoms with Crippen molar-refractivity contribution >= 4 is 11.8 Å². The van der Waals surface area contributed by atoms with Crippen LogP contribution in [0.5, 0.6) is 11.5 Å². The van der Waals surface area contributed by atoms with E-state index in [1.165, 1.54) is 0 Å². The molecule has 0 aliphatic heterocycles. The van der Waals surface area contributed by atoms with E-state index in [4.69, 9.17) is 14.2 Å². The Morgan fingerprint density at radius 2 is 1.33 bits per heavy atom. The first kappa shape index (κ1) is 21.0. The van der Waals surface area contributed by atoms with E-state index in [0.717, 1.165) is 37.2 Å². The van der Waals surface area contributed by atoms with Crippen LogP contribution in [0.2, 0.25) is 0 Å². The van der Waals surface area contributed by atoms with Gasteiger partial charge in [-0.2, -0.15) is 0 Å². The average Bonchev–Trinajstić information content (AvgIpc) is 2.71. The fourth-order valence-corrected chi connectivity index (χ4v) is 3.20. The summed E-state index contributed by atoms with van der Waals surface area (Å²) in [5, 5.41) is 5.80. The molecule has 150 valence electrons. The Morgan fingerprint density at radius 1 is 0.852 bits per heavy atom. The molecular formula is C20H30N2O5. The fraction of sp³-hybridized carbons (Fsp3) is 0.600. The standard InChI is InChI=1S/C20H30N2O5/c1-25-13-11-21-19(23)15-3-5-16(6-4-15)20(24)22-12-14-27-18-9-7-17(26-2)8-10-18/h7-10,15-16H,3-6,11-14H2,1-2H3,(H,21,23)(H,22,24). The number of carbonyl (C=O) groups excluding carboxylic acids is 2. The van der Waals surface area contributed by atoms with E-state index < -0.39 is 0 Å². The molecule has 1 saturated carbocycles. The SMILES string of the molecule is COCCNC(=O)C1CCC(C(=O)NCCOc2ccc(OC)cc2)CC1. The molecule has 2 amide bonds. The second kappa shape index (κ2) is 11.4. The highest BCUT2D eigenvalue weighted by molar-refractivity contribution is 5.81. The van der Waals surface area contributed by atoms with E-state index in [1.54, 1.807) is 14.2 Å². The second-order valence-corrected chi connectivity index (χ2v) is 6.65. The minimum atomic E-state index is -0.0194. The lowest BCUT2D eigenvalue weighted by atomic mass is 9.81. The third-order valence-electron chi connectivity index (χ3n) is 4.80. The number of rotatable bonds is 10. The van der Waals surface area contributed by atoms with Crippen LogP contribution in [0.1, 0.15) is 25.7 Å². The van der Waals surface area contributed by atoms with Crippen LogP contribution >= 0.6 is 0 Å². The van der Waals surface area contributed by atoms with Gasteiger partial charge in [0.25, 0.3) is 0 Å². The number of amides is 2. The molecule has 2 N–H and O–H groups in total. The van der Waals surface area contributed by atoms with Crippen molar-refractivity contribution in [1.29, 1.82) is 0 Å². The lowest BCUT2D eigenvalue weighted by molar-refractivity contribution is -0.130. The molecule has 7 heteroatoms. The first-order chi connectivity index (χ1) is 13.1. The number of carbonyl (C=O) groups is 2. The van der Waals surface area contributed by atoms with Gasteiger partial charge in [-0.05, 0) is 49.9 Å². The van der Waals surface area contributed by atoms with Gasteiger partial charge < -0.3 is 24.8 Å². The molecule has 1 aromatic carbocycles. The Hall–Kier alpha value is -2.28. The lowest BCUT2D eigenvalue weighted by Crippen LogP contribution is -2.39. The maximum atomic E-state index is 12.3. The van der Waals surface area contributed by atoms with Crippen molar-refractivity contribution in [3.05, 3.63) is 24.3 Å². The maximum Gasteiger partial charge on any atom is 0.223 e. The molecule has 1 aromatic rings. The van der Waals surface area contributed by atoms with E-state index in [-0.39, 0.29) is 23.7 Å². The summed E-state index contributed by atoms with van der Waals surface area (Å²) in [7, 11) is 3.23. The summed E-state index contributed by atoms with van der Waals surface area (Å²) in [6.07, 6.45) is 2.99. The molecule has 1 aliphatic rings. The van der Waals surface area contributed by atoms with E-state index >= 15 is 0 Å². The lowest BCUT2D eigenvalue weighted by Gasteiger charge is -2.27. The zero-order chi connectivity index (χ0) is 19.5. The third kappa shape index (κ3) is 7.09. The van der Waals surface area contributed by atoms with Crippen LogP contribution in [0.4, 0.5) is 0 Å².